The lowest BCUT2D eigenvalue weighted by Gasteiger charge is -2.24. The van der Waals surface area contributed by atoms with Crippen LogP contribution in [0.5, 0.6) is 0 Å². The van der Waals surface area contributed by atoms with Crippen LogP contribution in [0.2, 0.25) is 0 Å². The molecule has 0 aromatic rings. The summed E-state index contributed by atoms with van der Waals surface area (Å²) in [4.78, 5) is 11.2. The van der Waals surface area contributed by atoms with Crippen LogP contribution in [0.1, 0.15) is 51.9 Å². The van der Waals surface area contributed by atoms with Gasteiger partial charge in [-0.15, -0.1) is 0 Å². The fourth-order valence-electron chi connectivity index (χ4n) is 3.88. The van der Waals surface area contributed by atoms with E-state index in [4.69, 9.17) is 9.47 Å². The quantitative estimate of drug-likeness (QED) is 0.557. The van der Waals surface area contributed by atoms with Crippen LogP contribution in [-0.2, 0) is 19.0 Å². The van der Waals surface area contributed by atoms with E-state index in [0.29, 0.717) is 12.5 Å². The largest absolute Gasteiger partial charge is 0.469 e. The molecule has 2 aliphatic heterocycles. The van der Waals surface area contributed by atoms with Gasteiger partial charge in [-0.1, -0.05) is 19.8 Å². The molecule has 0 bridgehead atoms. The van der Waals surface area contributed by atoms with Crippen LogP contribution < -0.4 is 0 Å². The van der Waals surface area contributed by atoms with E-state index in [9.17, 15) is 4.79 Å². The van der Waals surface area contributed by atoms with Crippen LogP contribution in [0.25, 0.3) is 0 Å². The third kappa shape index (κ3) is 1.62. The Morgan fingerprint density at radius 1 is 1.39 bits per heavy atom. The molecule has 3 rings (SSSR count). The highest BCUT2D eigenvalue weighted by molar-refractivity contribution is 5.69. The minimum Gasteiger partial charge on any atom is -0.469 e. The number of ether oxygens (including phenoxy) is 3. The van der Waals surface area contributed by atoms with E-state index >= 15 is 0 Å². The number of fused-ring (bicyclic) bond motifs is 1. The molecule has 4 heteroatoms. The van der Waals surface area contributed by atoms with Crippen LogP contribution in [0.15, 0.2) is 0 Å². The normalized spacial score (nSPS) is 45.2. The van der Waals surface area contributed by atoms with E-state index in [1.165, 1.54) is 26.4 Å². The Morgan fingerprint density at radius 3 is 2.89 bits per heavy atom. The second kappa shape index (κ2) is 4.20. The van der Waals surface area contributed by atoms with E-state index in [0.717, 1.165) is 19.3 Å². The molecule has 0 aromatic heterocycles. The van der Waals surface area contributed by atoms with Crippen LogP contribution in [0.4, 0.5) is 0 Å². The first-order valence-electron chi connectivity index (χ1n) is 7.11. The van der Waals surface area contributed by atoms with Crippen molar-refractivity contribution in [1.82, 2.24) is 0 Å². The van der Waals surface area contributed by atoms with E-state index in [-0.39, 0.29) is 23.3 Å². The van der Waals surface area contributed by atoms with Gasteiger partial charge in [-0.3, -0.25) is 4.79 Å². The summed E-state index contributed by atoms with van der Waals surface area (Å²) in [6.07, 6.45) is 7.61. The van der Waals surface area contributed by atoms with Crippen molar-refractivity contribution in [3.8, 4) is 0 Å². The van der Waals surface area contributed by atoms with E-state index < -0.39 is 0 Å². The summed E-state index contributed by atoms with van der Waals surface area (Å²) in [5.74, 6) is -0.148. The summed E-state index contributed by atoms with van der Waals surface area (Å²) < 4.78 is 16.7. The van der Waals surface area contributed by atoms with Crippen LogP contribution in [0, 0.1) is 0 Å². The number of carbonyl (C=O) groups excluding carboxylic acids is 1. The Kier molecular flexibility index (Phi) is 2.90. The predicted octanol–water partition coefficient (Wildman–Crippen LogP) is 2.20. The zero-order chi connectivity index (χ0) is 12.8. The van der Waals surface area contributed by atoms with Gasteiger partial charge < -0.3 is 14.2 Å². The topological polar surface area (TPSA) is 51.4 Å². The van der Waals surface area contributed by atoms with Gasteiger partial charge in [0.1, 0.15) is 11.2 Å². The van der Waals surface area contributed by atoms with Crippen molar-refractivity contribution in [1.29, 1.82) is 0 Å². The molecule has 3 fully saturated rings. The fourth-order valence-corrected chi connectivity index (χ4v) is 3.88. The number of carbonyl (C=O) groups is 1. The molecule has 102 valence electrons. The molecule has 0 aromatic carbocycles. The van der Waals surface area contributed by atoms with Gasteiger partial charge in [0.2, 0.25) is 0 Å². The Labute approximate surface area is 108 Å². The highest BCUT2D eigenvalue weighted by atomic mass is 16.7. The van der Waals surface area contributed by atoms with Gasteiger partial charge in [-0.2, -0.15) is 0 Å². The maximum absolute atomic E-state index is 11.2. The molecule has 2 heterocycles. The summed E-state index contributed by atoms with van der Waals surface area (Å²) in [5.41, 5.74) is -0.118. The zero-order valence-corrected chi connectivity index (χ0v) is 11.2. The molecule has 0 amide bonds. The molecular formula is C14H22O4. The molecule has 3 aliphatic rings. The molecule has 0 spiro atoms. The molecule has 1 saturated carbocycles. The highest BCUT2D eigenvalue weighted by Gasteiger charge is 2.78. The molecule has 4 atom stereocenters. The standard InChI is InChI=1S/C14H22O4/c1-3-13(11(17-13)7-8-12(15)16-2)14-9-5-4-6-10(14)18-14/h10-11H,3-9H2,1-2H3. The average Bonchev–Trinajstić information content (AvgIpc) is 3.27. The van der Waals surface area contributed by atoms with Crippen molar-refractivity contribution in [2.24, 2.45) is 0 Å². The maximum Gasteiger partial charge on any atom is 0.305 e. The van der Waals surface area contributed by atoms with Crippen molar-refractivity contribution < 1.29 is 19.0 Å². The Morgan fingerprint density at radius 2 is 2.22 bits per heavy atom. The minimum absolute atomic E-state index is 0.0131. The Balaban J connectivity index is 1.62. The van der Waals surface area contributed by atoms with Crippen LogP contribution in [0.3, 0.4) is 0 Å². The molecule has 4 unspecified atom stereocenters. The van der Waals surface area contributed by atoms with E-state index in [1.54, 1.807) is 0 Å². The number of esters is 1. The van der Waals surface area contributed by atoms with Gasteiger partial charge in [-0.05, 0) is 25.7 Å². The lowest BCUT2D eigenvalue weighted by Crippen LogP contribution is -2.39. The smallest absolute Gasteiger partial charge is 0.305 e. The zero-order valence-electron chi connectivity index (χ0n) is 11.2. The van der Waals surface area contributed by atoms with Crippen LogP contribution >= 0.6 is 0 Å². The minimum atomic E-state index is -0.148. The SMILES string of the molecule is CCC1(C23CCCCC2O3)OC1CCC(=O)OC. The van der Waals surface area contributed by atoms with Crippen molar-refractivity contribution in [2.45, 2.75) is 75.3 Å². The molecule has 1 aliphatic carbocycles. The Bertz CT molecular complexity index is 356. The highest BCUT2D eigenvalue weighted by Crippen LogP contribution is 2.65. The first-order chi connectivity index (χ1) is 8.68. The van der Waals surface area contributed by atoms with Gasteiger partial charge >= 0.3 is 5.97 Å². The number of epoxide rings is 2. The molecule has 0 radical (unpaired) electrons. The van der Waals surface area contributed by atoms with Crippen molar-refractivity contribution in [3.05, 3.63) is 0 Å². The number of hydrogen-bond acceptors (Lipinski definition) is 4. The second-order valence-corrected chi connectivity index (χ2v) is 5.71. The lowest BCUT2D eigenvalue weighted by atomic mass is 9.75. The van der Waals surface area contributed by atoms with Gasteiger partial charge in [-0.25, -0.2) is 0 Å². The number of rotatable bonds is 5. The van der Waals surface area contributed by atoms with Crippen molar-refractivity contribution in [2.75, 3.05) is 7.11 Å². The second-order valence-electron chi connectivity index (χ2n) is 5.71. The van der Waals surface area contributed by atoms with E-state index in [2.05, 4.69) is 11.7 Å². The molecule has 4 nitrogen and oxygen atoms in total. The first-order valence-corrected chi connectivity index (χ1v) is 7.11. The summed E-state index contributed by atoms with van der Waals surface area (Å²) in [5, 5.41) is 0. The lowest BCUT2D eigenvalue weighted by molar-refractivity contribution is -0.140. The number of methoxy groups -OCH3 is 1. The first kappa shape index (κ1) is 12.4. The monoisotopic (exact) mass is 254 g/mol. The summed E-state index contributed by atoms with van der Waals surface area (Å²) in [6.45, 7) is 2.17. The summed E-state index contributed by atoms with van der Waals surface area (Å²) in [7, 11) is 1.43. The molecule has 0 N–H and O–H groups in total. The van der Waals surface area contributed by atoms with Crippen molar-refractivity contribution >= 4 is 5.97 Å². The number of hydrogen-bond donors (Lipinski definition) is 0. The van der Waals surface area contributed by atoms with Gasteiger partial charge in [0.05, 0.1) is 19.3 Å². The van der Waals surface area contributed by atoms with Crippen LogP contribution in [-0.4, -0.2) is 36.5 Å². The third-order valence-electron chi connectivity index (χ3n) is 4.98. The van der Waals surface area contributed by atoms with Gasteiger partial charge in [0, 0.05) is 6.42 Å². The Hall–Kier alpha value is -0.610. The third-order valence-corrected chi connectivity index (χ3v) is 4.98. The molecule has 18 heavy (non-hydrogen) atoms. The maximum atomic E-state index is 11.2. The summed E-state index contributed by atoms with van der Waals surface area (Å²) in [6, 6.07) is 0. The molecular weight excluding hydrogens is 232 g/mol. The fraction of sp³-hybridized carbons (Fsp3) is 0.929. The van der Waals surface area contributed by atoms with Gasteiger partial charge in [0.25, 0.3) is 0 Å². The predicted molar refractivity (Wildman–Crippen MR) is 65.2 cm³/mol. The van der Waals surface area contributed by atoms with Crippen molar-refractivity contribution in [3.63, 3.8) is 0 Å². The molecule has 2 saturated heterocycles. The summed E-state index contributed by atoms with van der Waals surface area (Å²) >= 11 is 0. The van der Waals surface area contributed by atoms with Gasteiger partial charge in [0.15, 0.2) is 0 Å². The average molecular weight is 254 g/mol. The van der Waals surface area contributed by atoms with E-state index in [1.807, 2.05) is 0 Å².